The van der Waals surface area contributed by atoms with E-state index in [2.05, 4.69) is 58.1 Å². The summed E-state index contributed by atoms with van der Waals surface area (Å²) in [7, 11) is 0. The number of aromatic nitrogens is 4. The van der Waals surface area contributed by atoms with Gasteiger partial charge in [0.1, 0.15) is 0 Å². The van der Waals surface area contributed by atoms with E-state index in [0.29, 0.717) is 5.92 Å². The fraction of sp³-hybridized carbons (Fsp3) is 0.292. The quantitative estimate of drug-likeness (QED) is 0.555. The summed E-state index contributed by atoms with van der Waals surface area (Å²) in [5.74, 6) is 1.30. The van der Waals surface area contributed by atoms with Gasteiger partial charge in [-0.1, -0.05) is 26.0 Å². The molecule has 1 N–H and O–H groups in total. The summed E-state index contributed by atoms with van der Waals surface area (Å²) in [5, 5.41) is 1.32. The van der Waals surface area contributed by atoms with Gasteiger partial charge in [-0.15, -0.1) is 0 Å². The predicted octanol–water partition coefficient (Wildman–Crippen LogP) is 4.70. The summed E-state index contributed by atoms with van der Waals surface area (Å²) in [6.45, 7) is 7.27. The van der Waals surface area contributed by atoms with Crippen molar-refractivity contribution in [3.05, 3.63) is 77.5 Å². The van der Waals surface area contributed by atoms with Crippen molar-refractivity contribution in [2.24, 2.45) is 0 Å². The van der Waals surface area contributed by atoms with Crippen LogP contribution in [-0.4, -0.2) is 31.4 Å². The van der Waals surface area contributed by atoms with E-state index >= 15 is 0 Å². The zero-order valence-corrected chi connectivity index (χ0v) is 16.9. The van der Waals surface area contributed by atoms with Crippen molar-refractivity contribution >= 4 is 10.9 Å². The molecule has 0 fully saturated rings. The minimum atomic E-state index is 0.540. The van der Waals surface area contributed by atoms with Crippen LogP contribution in [0.2, 0.25) is 0 Å². The maximum absolute atomic E-state index is 4.86. The first-order valence-electron chi connectivity index (χ1n) is 10.2. The van der Waals surface area contributed by atoms with Gasteiger partial charge < -0.3 is 4.98 Å². The van der Waals surface area contributed by atoms with Crippen LogP contribution in [0.1, 0.15) is 42.1 Å². The number of aromatic amines is 1. The summed E-state index contributed by atoms with van der Waals surface area (Å²) in [6.07, 6.45) is 8.73. The van der Waals surface area contributed by atoms with E-state index < -0.39 is 0 Å². The van der Waals surface area contributed by atoms with Gasteiger partial charge in [-0.2, -0.15) is 0 Å². The molecule has 0 aliphatic carbocycles. The molecule has 0 saturated carbocycles. The first-order valence-corrected chi connectivity index (χ1v) is 10.2. The Morgan fingerprint density at radius 3 is 2.93 bits per heavy atom. The van der Waals surface area contributed by atoms with Crippen molar-refractivity contribution in [2.45, 2.75) is 39.3 Å². The van der Waals surface area contributed by atoms with Crippen molar-refractivity contribution in [2.75, 3.05) is 6.54 Å². The SMILES string of the molecule is CC(C)c1ccc2c(CN3CCc4cnc(-c5cccnc5)nc4C3)c[nH]c2c1. The summed E-state index contributed by atoms with van der Waals surface area (Å²) in [4.78, 5) is 19.5. The van der Waals surface area contributed by atoms with Crippen molar-refractivity contribution in [3.8, 4) is 11.4 Å². The Morgan fingerprint density at radius 2 is 2.10 bits per heavy atom. The lowest BCUT2D eigenvalue weighted by Crippen LogP contribution is -2.31. The van der Waals surface area contributed by atoms with E-state index in [1.54, 1.807) is 6.20 Å². The van der Waals surface area contributed by atoms with Gasteiger partial charge in [-0.05, 0) is 47.2 Å². The highest BCUT2D eigenvalue weighted by Crippen LogP contribution is 2.26. The number of nitrogens with one attached hydrogen (secondary N) is 1. The van der Waals surface area contributed by atoms with Gasteiger partial charge in [0.2, 0.25) is 0 Å². The summed E-state index contributed by atoms with van der Waals surface area (Å²) in [5.41, 5.74) is 7.30. The number of H-pyrrole nitrogens is 1. The summed E-state index contributed by atoms with van der Waals surface area (Å²) < 4.78 is 0. The largest absolute Gasteiger partial charge is 0.361 e. The van der Waals surface area contributed by atoms with Gasteiger partial charge in [0.25, 0.3) is 0 Å². The molecule has 0 radical (unpaired) electrons. The van der Waals surface area contributed by atoms with Crippen LogP contribution in [0.25, 0.3) is 22.3 Å². The number of fused-ring (bicyclic) bond motifs is 2. The monoisotopic (exact) mass is 383 g/mol. The summed E-state index contributed by atoms with van der Waals surface area (Å²) in [6, 6.07) is 10.7. The molecule has 0 saturated heterocycles. The molecule has 4 aromatic rings. The number of pyridine rings is 1. The lowest BCUT2D eigenvalue weighted by molar-refractivity contribution is 0.242. The second-order valence-electron chi connectivity index (χ2n) is 8.14. The zero-order valence-electron chi connectivity index (χ0n) is 16.9. The topological polar surface area (TPSA) is 57.7 Å². The van der Waals surface area contributed by atoms with Crippen LogP contribution in [0.4, 0.5) is 0 Å². The molecule has 3 aromatic heterocycles. The van der Waals surface area contributed by atoms with Gasteiger partial charge in [-0.25, -0.2) is 9.97 Å². The minimum Gasteiger partial charge on any atom is -0.361 e. The number of hydrogen-bond acceptors (Lipinski definition) is 4. The Balaban J connectivity index is 1.38. The van der Waals surface area contributed by atoms with Crippen molar-refractivity contribution in [3.63, 3.8) is 0 Å². The Hall–Kier alpha value is -3.05. The maximum Gasteiger partial charge on any atom is 0.160 e. The van der Waals surface area contributed by atoms with Crippen LogP contribution in [0.15, 0.2) is 55.1 Å². The van der Waals surface area contributed by atoms with E-state index in [0.717, 1.165) is 43.1 Å². The van der Waals surface area contributed by atoms with Gasteiger partial charge in [-0.3, -0.25) is 9.88 Å². The van der Waals surface area contributed by atoms with E-state index in [4.69, 9.17) is 4.98 Å². The summed E-state index contributed by atoms with van der Waals surface area (Å²) >= 11 is 0. The van der Waals surface area contributed by atoms with Crippen molar-refractivity contribution < 1.29 is 0 Å². The molecule has 1 aromatic carbocycles. The normalized spacial score (nSPS) is 14.4. The van der Waals surface area contributed by atoms with Crippen LogP contribution >= 0.6 is 0 Å². The number of hydrogen-bond donors (Lipinski definition) is 1. The molecule has 0 unspecified atom stereocenters. The lowest BCUT2D eigenvalue weighted by Gasteiger charge is -2.27. The Bertz CT molecular complexity index is 1150. The van der Waals surface area contributed by atoms with Gasteiger partial charge in [0.15, 0.2) is 5.82 Å². The first kappa shape index (κ1) is 18.0. The predicted molar refractivity (Wildman–Crippen MR) is 115 cm³/mol. The van der Waals surface area contributed by atoms with Crippen LogP contribution < -0.4 is 0 Å². The highest BCUT2D eigenvalue weighted by atomic mass is 15.1. The zero-order chi connectivity index (χ0) is 19.8. The maximum atomic E-state index is 4.86. The molecule has 4 heterocycles. The van der Waals surface area contributed by atoms with Gasteiger partial charge in [0.05, 0.1) is 5.69 Å². The second-order valence-corrected chi connectivity index (χ2v) is 8.14. The van der Waals surface area contributed by atoms with Crippen LogP contribution in [0, 0.1) is 0 Å². The minimum absolute atomic E-state index is 0.540. The Morgan fingerprint density at radius 1 is 1.17 bits per heavy atom. The molecule has 5 heteroatoms. The Labute approximate surface area is 170 Å². The highest BCUT2D eigenvalue weighted by Gasteiger charge is 2.20. The molecule has 0 bridgehead atoms. The molecule has 1 aliphatic rings. The average molecular weight is 383 g/mol. The van der Waals surface area contributed by atoms with E-state index in [9.17, 15) is 0 Å². The number of benzene rings is 1. The molecule has 5 rings (SSSR count). The van der Waals surface area contributed by atoms with Gasteiger partial charge in [0, 0.05) is 60.9 Å². The molecule has 5 nitrogen and oxygen atoms in total. The third-order valence-electron chi connectivity index (χ3n) is 5.80. The van der Waals surface area contributed by atoms with Crippen LogP contribution in [-0.2, 0) is 19.5 Å². The van der Waals surface area contributed by atoms with E-state index in [-0.39, 0.29) is 0 Å². The molecule has 146 valence electrons. The average Bonchev–Trinajstić information content (AvgIpc) is 3.16. The van der Waals surface area contributed by atoms with Crippen molar-refractivity contribution in [1.29, 1.82) is 0 Å². The Kier molecular flexibility index (Phi) is 4.60. The number of rotatable bonds is 4. The van der Waals surface area contributed by atoms with Crippen molar-refractivity contribution in [1.82, 2.24) is 24.8 Å². The van der Waals surface area contributed by atoms with E-state index in [1.807, 2.05) is 24.5 Å². The smallest absolute Gasteiger partial charge is 0.160 e. The third kappa shape index (κ3) is 3.54. The standard InChI is InChI=1S/C24H25N5/c1-16(2)17-5-6-21-20(13-26-22(21)10-17)14-29-9-7-18-12-27-24(28-23(18)15-29)19-4-3-8-25-11-19/h3-6,8,10-13,16,26H,7,9,14-15H2,1-2H3. The molecule has 29 heavy (non-hydrogen) atoms. The molecular weight excluding hydrogens is 358 g/mol. The fourth-order valence-electron chi connectivity index (χ4n) is 4.06. The molecule has 1 aliphatic heterocycles. The van der Waals surface area contributed by atoms with Crippen LogP contribution in [0.3, 0.4) is 0 Å². The molecule has 0 spiro atoms. The lowest BCUT2D eigenvalue weighted by atomic mass is 10.0. The van der Waals surface area contributed by atoms with Gasteiger partial charge >= 0.3 is 0 Å². The first-order chi connectivity index (χ1) is 14.2. The third-order valence-corrected chi connectivity index (χ3v) is 5.80. The second kappa shape index (κ2) is 7.41. The highest BCUT2D eigenvalue weighted by molar-refractivity contribution is 5.83. The van der Waals surface area contributed by atoms with E-state index in [1.165, 1.54) is 27.6 Å². The number of nitrogens with zero attached hydrogens (tertiary/aromatic N) is 4. The molecular formula is C24H25N5. The molecule has 0 amide bonds. The molecule has 0 atom stereocenters. The van der Waals surface area contributed by atoms with Crippen LogP contribution in [0.5, 0.6) is 0 Å². The fourth-order valence-corrected chi connectivity index (χ4v) is 4.06.